The van der Waals surface area contributed by atoms with Crippen LogP contribution in [-0.2, 0) is 17.1 Å². The van der Waals surface area contributed by atoms with E-state index < -0.39 is 0 Å². The molecule has 0 saturated carbocycles. The van der Waals surface area contributed by atoms with Gasteiger partial charge in [-0.15, -0.1) is 0 Å². The summed E-state index contributed by atoms with van der Waals surface area (Å²) in [5.74, 6) is 0. The van der Waals surface area contributed by atoms with Crippen LogP contribution >= 0.6 is 0 Å². The molecule has 0 aliphatic rings. The van der Waals surface area contributed by atoms with E-state index in [1.165, 1.54) is 0 Å². The summed E-state index contributed by atoms with van der Waals surface area (Å²) >= 11 is 0. The van der Waals surface area contributed by atoms with Gasteiger partial charge in [-0.25, -0.2) is 0 Å². The smallest absolute Gasteiger partial charge is 0.0725 e. The summed E-state index contributed by atoms with van der Waals surface area (Å²) in [4.78, 5) is 0. The molecule has 0 heterocycles. The van der Waals surface area contributed by atoms with Gasteiger partial charge in [-0.2, -0.15) is 35.6 Å². The van der Waals surface area contributed by atoms with Gasteiger partial charge in [0.15, 0.2) is 0 Å². The molecular weight excluding hydrogens is 153 g/mol. The molecule has 1 aromatic rings. The third kappa shape index (κ3) is 2.32. The Morgan fingerprint density at radius 2 is 1.89 bits per heavy atom. The van der Waals surface area contributed by atoms with Crippen molar-refractivity contribution in [3.63, 3.8) is 0 Å². The molecule has 0 aliphatic carbocycles. The van der Waals surface area contributed by atoms with E-state index in [0.29, 0.717) is 5.56 Å². The van der Waals surface area contributed by atoms with Crippen LogP contribution in [0.3, 0.4) is 0 Å². The maximum Gasteiger partial charge on any atom is 0.0725 e. The van der Waals surface area contributed by atoms with E-state index in [2.05, 4.69) is 6.07 Å². The van der Waals surface area contributed by atoms with Crippen LogP contribution in [0.5, 0.6) is 0 Å². The normalized spacial score (nSPS) is 7.00. The number of hydrogen-bond donors (Lipinski definition) is 0. The summed E-state index contributed by atoms with van der Waals surface area (Å²) in [6, 6.07) is 11.7. The third-order valence-corrected chi connectivity index (χ3v) is 0.847. The summed E-state index contributed by atoms with van der Waals surface area (Å²) in [6.45, 7) is 0. The Morgan fingerprint density at radius 1 is 1.33 bits per heavy atom. The average molecular weight is 157 g/mol. The number of benzene rings is 1. The monoisotopic (exact) mass is 157 g/mol. The van der Waals surface area contributed by atoms with Crippen LogP contribution in [0.4, 0.5) is 0 Å². The molecule has 0 aromatic heterocycles. The number of hydrogen-bond acceptors (Lipinski definition) is 1. The molecule has 0 unspecified atom stereocenters. The van der Waals surface area contributed by atoms with Gasteiger partial charge in [0.25, 0.3) is 0 Å². The van der Waals surface area contributed by atoms with E-state index in [0.717, 1.165) is 0 Å². The summed E-state index contributed by atoms with van der Waals surface area (Å²) in [5, 5.41) is 8.27. The Morgan fingerprint density at radius 3 is 2.22 bits per heavy atom. The number of nitrogens with zero attached hydrogens (tertiary/aromatic N) is 1. The zero-order valence-electron chi connectivity index (χ0n) is 4.63. The number of nitriles is 1. The van der Waals surface area contributed by atoms with Gasteiger partial charge < -0.3 is 0 Å². The Bertz CT molecular complexity index is 200. The van der Waals surface area contributed by atoms with Crippen molar-refractivity contribution < 1.29 is 17.1 Å². The summed E-state index contributed by atoms with van der Waals surface area (Å²) in [5.41, 5.74) is 0.684. The van der Waals surface area contributed by atoms with E-state index >= 15 is 0 Å². The van der Waals surface area contributed by atoms with Crippen molar-refractivity contribution in [3.8, 4) is 6.07 Å². The van der Waals surface area contributed by atoms with Crippen LogP contribution in [0.15, 0.2) is 24.3 Å². The Labute approximate surface area is 64.8 Å². The van der Waals surface area contributed by atoms with Crippen LogP contribution in [0, 0.1) is 17.4 Å². The first-order chi connectivity index (χ1) is 3.93. The minimum Gasteiger partial charge on any atom is -0.195 e. The fourth-order valence-corrected chi connectivity index (χ4v) is 0.461. The van der Waals surface area contributed by atoms with Gasteiger partial charge in [0, 0.05) is 17.1 Å². The first-order valence-electron chi connectivity index (χ1n) is 2.29. The maximum absolute atomic E-state index is 8.27. The van der Waals surface area contributed by atoms with Gasteiger partial charge >= 0.3 is 0 Å². The molecule has 0 saturated heterocycles. The van der Waals surface area contributed by atoms with Crippen molar-refractivity contribution in [1.29, 1.82) is 5.26 Å². The molecule has 1 aromatic carbocycles. The van der Waals surface area contributed by atoms with Crippen molar-refractivity contribution in [1.82, 2.24) is 0 Å². The Balaban J connectivity index is 0.000000640. The van der Waals surface area contributed by atoms with Crippen LogP contribution in [0.25, 0.3) is 0 Å². The molecule has 1 rings (SSSR count). The topological polar surface area (TPSA) is 23.8 Å². The molecule has 1 nitrogen and oxygen atoms in total. The maximum atomic E-state index is 8.27. The summed E-state index contributed by atoms with van der Waals surface area (Å²) < 4.78 is 0. The van der Waals surface area contributed by atoms with E-state index in [1.807, 2.05) is 6.07 Å². The van der Waals surface area contributed by atoms with Crippen LogP contribution in [-0.4, -0.2) is 0 Å². The standard InChI is InChI=1S/C7H4N.Mn/c8-6-7-4-2-1-3-5-7;/h2-5H;/q-1;. The van der Waals surface area contributed by atoms with Gasteiger partial charge in [-0.3, -0.25) is 0 Å². The van der Waals surface area contributed by atoms with Crippen molar-refractivity contribution in [2.24, 2.45) is 0 Å². The molecule has 9 heavy (non-hydrogen) atoms. The average Bonchev–Trinajstić information content (AvgIpc) is 1.90. The third-order valence-electron chi connectivity index (χ3n) is 0.847. The van der Waals surface area contributed by atoms with E-state index in [1.54, 1.807) is 24.3 Å². The predicted molar refractivity (Wildman–Crippen MR) is 30.0 cm³/mol. The van der Waals surface area contributed by atoms with Crippen molar-refractivity contribution in [2.75, 3.05) is 0 Å². The Hall–Kier alpha value is -0.771. The molecule has 0 spiro atoms. The first kappa shape index (κ1) is 8.23. The zero-order valence-corrected chi connectivity index (χ0v) is 5.82. The molecule has 0 N–H and O–H groups in total. The van der Waals surface area contributed by atoms with Gasteiger partial charge in [0.1, 0.15) is 0 Å². The fourth-order valence-electron chi connectivity index (χ4n) is 0.461. The SMILES string of the molecule is N#Cc1cc[c-]cc1.[Mn]. The fraction of sp³-hybridized carbons (Fsp3) is 0. The zero-order chi connectivity index (χ0) is 5.82. The molecule has 0 amide bonds. The van der Waals surface area contributed by atoms with Gasteiger partial charge in [0.2, 0.25) is 0 Å². The largest absolute Gasteiger partial charge is 0.195 e. The summed E-state index contributed by atoms with van der Waals surface area (Å²) in [7, 11) is 0. The molecule has 45 valence electrons. The van der Waals surface area contributed by atoms with E-state index in [9.17, 15) is 0 Å². The van der Waals surface area contributed by atoms with Crippen molar-refractivity contribution in [2.45, 2.75) is 0 Å². The Kier molecular flexibility index (Phi) is 3.79. The minimum absolute atomic E-state index is 0. The molecule has 2 heteroatoms. The van der Waals surface area contributed by atoms with E-state index in [4.69, 9.17) is 5.26 Å². The van der Waals surface area contributed by atoms with Crippen molar-refractivity contribution >= 4 is 0 Å². The number of rotatable bonds is 0. The van der Waals surface area contributed by atoms with Crippen molar-refractivity contribution in [3.05, 3.63) is 35.9 Å². The molecular formula is C7H4MnN-. The molecule has 0 aliphatic heterocycles. The van der Waals surface area contributed by atoms with E-state index in [-0.39, 0.29) is 17.1 Å². The van der Waals surface area contributed by atoms with Gasteiger partial charge in [-0.05, 0) is 0 Å². The minimum atomic E-state index is 0. The molecule has 0 fully saturated rings. The first-order valence-corrected chi connectivity index (χ1v) is 2.29. The second kappa shape index (κ2) is 4.14. The summed E-state index contributed by atoms with van der Waals surface area (Å²) in [6.07, 6.45) is 0. The van der Waals surface area contributed by atoms with Gasteiger partial charge in [-0.1, -0.05) is 5.56 Å². The van der Waals surface area contributed by atoms with Gasteiger partial charge in [0.05, 0.1) is 6.07 Å². The molecule has 0 atom stereocenters. The second-order valence-electron chi connectivity index (χ2n) is 1.40. The second-order valence-corrected chi connectivity index (χ2v) is 1.40. The molecule has 1 radical (unpaired) electrons. The van der Waals surface area contributed by atoms with Crippen LogP contribution < -0.4 is 0 Å². The quantitative estimate of drug-likeness (QED) is 0.412. The predicted octanol–water partition coefficient (Wildman–Crippen LogP) is 1.36. The van der Waals surface area contributed by atoms with Crippen LogP contribution in [0.1, 0.15) is 5.56 Å². The van der Waals surface area contributed by atoms with Crippen LogP contribution in [0.2, 0.25) is 0 Å². The molecule has 0 bridgehead atoms.